The van der Waals surface area contributed by atoms with Crippen molar-refractivity contribution in [1.29, 1.82) is 0 Å². The number of benzene rings is 2. The second-order valence-electron chi connectivity index (χ2n) is 5.34. The van der Waals surface area contributed by atoms with Gasteiger partial charge in [0.25, 0.3) is 11.8 Å². The van der Waals surface area contributed by atoms with Crippen LogP contribution in [-0.4, -0.2) is 16.8 Å². The minimum Gasteiger partial charge on any atom is -0.322 e. The number of nitrogens with zero attached hydrogens (tertiary/aromatic N) is 1. The maximum Gasteiger partial charge on any atom is 0.257 e. The van der Waals surface area contributed by atoms with Gasteiger partial charge in [-0.3, -0.25) is 9.59 Å². The zero-order chi connectivity index (χ0) is 18.5. The van der Waals surface area contributed by atoms with Crippen molar-refractivity contribution in [3.63, 3.8) is 0 Å². The molecule has 0 bridgehead atoms. The van der Waals surface area contributed by atoms with Crippen LogP contribution in [0.5, 0.6) is 0 Å². The number of amides is 2. The van der Waals surface area contributed by atoms with E-state index in [0.717, 1.165) is 0 Å². The third-order valence-electron chi connectivity index (χ3n) is 3.50. The monoisotopic (exact) mass is 385 g/mol. The SMILES string of the molecule is O=C(Nc1ccc(Cl)c(NC(=O)c2ccccc2)c1)c1ccc(Cl)nc1. The van der Waals surface area contributed by atoms with Gasteiger partial charge in [0.15, 0.2) is 0 Å². The largest absolute Gasteiger partial charge is 0.322 e. The molecule has 3 aromatic rings. The molecule has 130 valence electrons. The maximum absolute atomic E-state index is 12.3. The Hall–Kier alpha value is -2.89. The Bertz CT molecular complexity index is 945. The van der Waals surface area contributed by atoms with Crippen LogP contribution in [0.1, 0.15) is 20.7 Å². The molecule has 0 saturated carbocycles. The van der Waals surface area contributed by atoms with Gasteiger partial charge in [0.05, 0.1) is 16.3 Å². The summed E-state index contributed by atoms with van der Waals surface area (Å²) in [5, 5.41) is 6.13. The quantitative estimate of drug-likeness (QED) is 0.627. The normalized spacial score (nSPS) is 10.2. The standard InChI is InChI=1S/C19H13Cl2N3O2/c20-15-8-7-14(23-19(26)13-6-9-17(21)22-11-13)10-16(15)24-18(25)12-4-2-1-3-5-12/h1-11H,(H,23,26)(H,24,25). The first kappa shape index (κ1) is 17.9. The Kier molecular flexibility index (Phi) is 5.51. The van der Waals surface area contributed by atoms with Crippen molar-refractivity contribution >= 4 is 46.4 Å². The Morgan fingerprint density at radius 3 is 2.23 bits per heavy atom. The molecule has 2 aromatic carbocycles. The van der Waals surface area contributed by atoms with Crippen LogP contribution in [0, 0.1) is 0 Å². The van der Waals surface area contributed by atoms with Crippen LogP contribution in [0.15, 0.2) is 66.9 Å². The summed E-state index contributed by atoms with van der Waals surface area (Å²) >= 11 is 11.9. The van der Waals surface area contributed by atoms with E-state index in [1.807, 2.05) is 6.07 Å². The zero-order valence-electron chi connectivity index (χ0n) is 13.4. The van der Waals surface area contributed by atoms with E-state index in [9.17, 15) is 9.59 Å². The van der Waals surface area contributed by atoms with E-state index in [4.69, 9.17) is 23.2 Å². The smallest absolute Gasteiger partial charge is 0.257 e. The van der Waals surface area contributed by atoms with Crippen molar-refractivity contribution in [2.75, 3.05) is 10.6 Å². The highest BCUT2D eigenvalue weighted by atomic mass is 35.5. The Balaban J connectivity index is 1.76. The maximum atomic E-state index is 12.3. The lowest BCUT2D eigenvalue weighted by atomic mass is 10.2. The number of rotatable bonds is 4. The molecule has 2 N–H and O–H groups in total. The Labute approximate surface area is 160 Å². The van der Waals surface area contributed by atoms with Crippen LogP contribution >= 0.6 is 23.2 Å². The molecule has 0 aliphatic rings. The predicted molar refractivity (Wildman–Crippen MR) is 103 cm³/mol. The van der Waals surface area contributed by atoms with E-state index in [1.54, 1.807) is 48.5 Å². The first-order valence-electron chi connectivity index (χ1n) is 7.62. The van der Waals surface area contributed by atoms with Crippen LogP contribution in [0.2, 0.25) is 10.2 Å². The molecule has 0 radical (unpaired) electrons. The van der Waals surface area contributed by atoms with Gasteiger partial charge in [-0.25, -0.2) is 4.98 Å². The molecule has 0 aliphatic heterocycles. The van der Waals surface area contributed by atoms with Crippen molar-refractivity contribution in [2.24, 2.45) is 0 Å². The number of carbonyl (C=O) groups excluding carboxylic acids is 2. The molecule has 5 nitrogen and oxygen atoms in total. The van der Waals surface area contributed by atoms with Crippen LogP contribution < -0.4 is 10.6 Å². The summed E-state index contributed by atoms with van der Waals surface area (Å²) < 4.78 is 0. The van der Waals surface area contributed by atoms with Crippen LogP contribution in [0.4, 0.5) is 11.4 Å². The highest BCUT2D eigenvalue weighted by Crippen LogP contribution is 2.26. The van der Waals surface area contributed by atoms with Crippen LogP contribution in [0.25, 0.3) is 0 Å². The summed E-state index contributed by atoms with van der Waals surface area (Å²) in [6.07, 6.45) is 1.38. The highest BCUT2D eigenvalue weighted by molar-refractivity contribution is 6.34. The van der Waals surface area contributed by atoms with Gasteiger partial charge in [-0.05, 0) is 42.5 Å². The third-order valence-corrected chi connectivity index (χ3v) is 4.05. The molecule has 2 amide bonds. The van der Waals surface area contributed by atoms with E-state index < -0.39 is 0 Å². The minimum atomic E-state index is -0.350. The molecular formula is C19H13Cl2N3O2. The highest BCUT2D eigenvalue weighted by Gasteiger charge is 2.11. The van der Waals surface area contributed by atoms with Crippen LogP contribution in [0.3, 0.4) is 0 Å². The van der Waals surface area contributed by atoms with Gasteiger partial charge in [-0.2, -0.15) is 0 Å². The van der Waals surface area contributed by atoms with Gasteiger partial charge < -0.3 is 10.6 Å². The van der Waals surface area contributed by atoms with Crippen molar-refractivity contribution in [3.05, 3.63) is 88.2 Å². The fraction of sp³-hybridized carbons (Fsp3) is 0. The van der Waals surface area contributed by atoms with Gasteiger partial charge in [-0.15, -0.1) is 0 Å². The van der Waals surface area contributed by atoms with Crippen molar-refractivity contribution in [1.82, 2.24) is 4.98 Å². The number of hydrogen-bond donors (Lipinski definition) is 2. The molecule has 0 spiro atoms. The number of aromatic nitrogens is 1. The van der Waals surface area contributed by atoms with Gasteiger partial charge >= 0.3 is 0 Å². The molecular weight excluding hydrogens is 373 g/mol. The number of carbonyl (C=O) groups is 2. The van der Waals surface area contributed by atoms with E-state index in [-0.39, 0.29) is 11.8 Å². The summed E-state index contributed by atoms with van der Waals surface area (Å²) in [4.78, 5) is 28.4. The number of halogens is 2. The van der Waals surface area contributed by atoms with Crippen molar-refractivity contribution in [3.8, 4) is 0 Å². The van der Waals surface area contributed by atoms with Gasteiger partial charge in [0, 0.05) is 17.4 Å². The van der Waals surface area contributed by atoms with E-state index >= 15 is 0 Å². The van der Waals surface area contributed by atoms with E-state index in [2.05, 4.69) is 15.6 Å². The second-order valence-corrected chi connectivity index (χ2v) is 6.13. The average Bonchev–Trinajstić information content (AvgIpc) is 2.65. The fourth-order valence-corrected chi connectivity index (χ4v) is 2.47. The average molecular weight is 386 g/mol. The van der Waals surface area contributed by atoms with Gasteiger partial charge in [0.2, 0.25) is 0 Å². The molecule has 26 heavy (non-hydrogen) atoms. The molecule has 0 aliphatic carbocycles. The predicted octanol–water partition coefficient (Wildman–Crippen LogP) is 4.89. The van der Waals surface area contributed by atoms with Gasteiger partial charge in [0.1, 0.15) is 5.15 Å². The van der Waals surface area contributed by atoms with Crippen molar-refractivity contribution < 1.29 is 9.59 Å². The summed E-state index contributed by atoms with van der Waals surface area (Å²) in [7, 11) is 0. The van der Waals surface area contributed by atoms with E-state index in [0.29, 0.717) is 32.7 Å². The number of anilines is 2. The Morgan fingerprint density at radius 2 is 1.54 bits per heavy atom. The molecule has 3 rings (SSSR count). The molecule has 0 fully saturated rings. The van der Waals surface area contributed by atoms with Crippen molar-refractivity contribution in [2.45, 2.75) is 0 Å². The molecule has 0 atom stereocenters. The summed E-state index contributed by atoms with van der Waals surface area (Å²) in [5.41, 5.74) is 1.75. The molecule has 7 heteroatoms. The third kappa shape index (κ3) is 4.39. The number of nitrogens with one attached hydrogen (secondary N) is 2. The minimum absolute atomic E-state index is 0.294. The summed E-state index contributed by atoms with van der Waals surface area (Å²) in [5.74, 6) is -0.644. The summed E-state index contributed by atoms with van der Waals surface area (Å²) in [6.45, 7) is 0. The first-order valence-corrected chi connectivity index (χ1v) is 8.37. The molecule has 1 aromatic heterocycles. The topological polar surface area (TPSA) is 71.1 Å². The fourth-order valence-electron chi connectivity index (χ4n) is 2.20. The van der Waals surface area contributed by atoms with E-state index in [1.165, 1.54) is 12.3 Å². The first-order chi connectivity index (χ1) is 12.5. The lowest BCUT2D eigenvalue weighted by molar-refractivity contribution is 0.101. The lowest BCUT2D eigenvalue weighted by Gasteiger charge is -2.11. The number of pyridine rings is 1. The molecule has 1 heterocycles. The van der Waals surface area contributed by atoms with Gasteiger partial charge in [-0.1, -0.05) is 41.4 Å². The zero-order valence-corrected chi connectivity index (χ0v) is 14.9. The molecule has 0 saturated heterocycles. The molecule has 0 unspecified atom stereocenters. The Morgan fingerprint density at radius 1 is 0.808 bits per heavy atom. The van der Waals surface area contributed by atoms with Crippen LogP contribution in [-0.2, 0) is 0 Å². The summed E-state index contributed by atoms with van der Waals surface area (Å²) in [6, 6.07) is 16.7. The number of hydrogen-bond acceptors (Lipinski definition) is 3. The second kappa shape index (κ2) is 7.99. The lowest BCUT2D eigenvalue weighted by Crippen LogP contribution is -2.14.